The van der Waals surface area contributed by atoms with Crippen molar-refractivity contribution in [3.05, 3.63) is 83.9 Å². The van der Waals surface area contributed by atoms with Crippen LogP contribution >= 0.6 is 0 Å². The van der Waals surface area contributed by atoms with Gasteiger partial charge >= 0.3 is 0 Å². The minimum absolute atomic E-state index is 0.216. The van der Waals surface area contributed by atoms with Gasteiger partial charge in [0.25, 0.3) is 10.0 Å². The summed E-state index contributed by atoms with van der Waals surface area (Å²) in [6.07, 6.45) is 0. The van der Waals surface area contributed by atoms with Gasteiger partial charge in [0.05, 0.1) is 16.1 Å². The first-order valence-electron chi connectivity index (χ1n) is 7.94. The van der Waals surface area contributed by atoms with E-state index in [9.17, 15) is 8.42 Å². The van der Waals surface area contributed by atoms with Gasteiger partial charge in [0.1, 0.15) is 6.07 Å². The van der Waals surface area contributed by atoms with E-state index in [1.165, 1.54) is 0 Å². The largest absolute Gasteiger partial charge is 0.354 e. The van der Waals surface area contributed by atoms with E-state index in [-0.39, 0.29) is 4.90 Å². The van der Waals surface area contributed by atoms with Gasteiger partial charge in [-0.05, 0) is 55.5 Å². The maximum absolute atomic E-state index is 12.4. The van der Waals surface area contributed by atoms with Crippen molar-refractivity contribution in [3.63, 3.8) is 0 Å². The molecule has 0 aromatic heterocycles. The van der Waals surface area contributed by atoms with Crippen LogP contribution in [0.25, 0.3) is 0 Å². The van der Waals surface area contributed by atoms with Crippen molar-refractivity contribution in [2.45, 2.75) is 11.8 Å². The number of aryl methyl sites for hydroxylation is 1. The SMILES string of the molecule is Cc1ccc(S(=O)(=O)Nc2ccc(Nc3ccccc3C#N)cc2)cc1. The van der Waals surface area contributed by atoms with Gasteiger partial charge < -0.3 is 5.32 Å². The first kappa shape index (κ1) is 17.5. The number of benzene rings is 3. The Morgan fingerprint density at radius 3 is 2.12 bits per heavy atom. The monoisotopic (exact) mass is 363 g/mol. The highest BCUT2D eigenvalue weighted by Gasteiger charge is 2.13. The Balaban J connectivity index is 1.75. The van der Waals surface area contributed by atoms with Crippen LogP contribution in [0, 0.1) is 18.3 Å². The molecular weight excluding hydrogens is 346 g/mol. The van der Waals surface area contributed by atoms with Crippen molar-refractivity contribution in [1.29, 1.82) is 5.26 Å². The molecule has 26 heavy (non-hydrogen) atoms. The average molecular weight is 363 g/mol. The summed E-state index contributed by atoms with van der Waals surface area (Å²) in [7, 11) is -3.63. The van der Waals surface area contributed by atoms with Crippen LogP contribution < -0.4 is 10.0 Å². The Kier molecular flexibility index (Phi) is 4.92. The van der Waals surface area contributed by atoms with E-state index in [1.807, 2.05) is 19.1 Å². The van der Waals surface area contributed by atoms with Crippen LogP contribution in [0.4, 0.5) is 17.1 Å². The fourth-order valence-electron chi connectivity index (χ4n) is 2.40. The fourth-order valence-corrected chi connectivity index (χ4v) is 3.46. The minimum Gasteiger partial charge on any atom is -0.354 e. The molecule has 2 N–H and O–H groups in total. The van der Waals surface area contributed by atoms with Crippen LogP contribution in [-0.4, -0.2) is 8.42 Å². The molecule has 5 nitrogen and oxygen atoms in total. The van der Waals surface area contributed by atoms with Gasteiger partial charge in [0.2, 0.25) is 0 Å². The number of sulfonamides is 1. The summed E-state index contributed by atoms with van der Waals surface area (Å²) in [5.74, 6) is 0. The zero-order valence-corrected chi connectivity index (χ0v) is 14.9. The van der Waals surface area contributed by atoms with Crippen LogP contribution in [0.1, 0.15) is 11.1 Å². The minimum atomic E-state index is -3.63. The Bertz CT molecular complexity index is 1050. The van der Waals surface area contributed by atoms with Crippen molar-refractivity contribution < 1.29 is 8.42 Å². The molecule has 3 aromatic carbocycles. The molecule has 0 aliphatic carbocycles. The van der Waals surface area contributed by atoms with Crippen molar-refractivity contribution >= 4 is 27.1 Å². The third-order valence-electron chi connectivity index (χ3n) is 3.79. The normalized spacial score (nSPS) is 10.8. The number of nitriles is 1. The van der Waals surface area contributed by atoms with Crippen LogP contribution in [0.5, 0.6) is 0 Å². The van der Waals surface area contributed by atoms with Crippen molar-refractivity contribution in [2.75, 3.05) is 10.0 Å². The molecule has 0 saturated carbocycles. The second-order valence-electron chi connectivity index (χ2n) is 5.78. The zero-order chi connectivity index (χ0) is 18.6. The zero-order valence-electron chi connectivity index (χ0n) is 14.1. The molecule has 0 radical (unpaired) electrons. The van der Waals surface area contributed by atoms with Gasteiger partial charge in [-0.2, -0.15) is 5.26 Å². The Hall–Kier alpha value is -3.30. The summed E-state index contributed by atoms with van der Waals surface area (Å²) in [4.78, 5) is 0.216. The van der Waals surface area contributed by atoms with Crippen molar-refractivity contribution in [1.82, 2.24) is 0 Å². The van der Waals surface area contributed by atoms with Gasteiger partial charge in [0.15, 0.2) is 0 Å². The Labute approximate surface area is 153 Å². The molecule has 0 unspecified atom stereocenters. The lowest BCUT2D eigenvalue weighted by Crippen LogP contribution is -2.12. The molecule has 0 bridgehead atoms. The first-order chi connectivity index (χ1) is 12.5. The number of anilines is 3. The van der Waals surface area contributed by atoms with Gasteiger partial charge in [-0.15, -0.1) is 0 Å². The smallest absolute Gasteiger partial charge is 0.261 e. The van der Waals surface area contributed by atoms with E-state index < -0.39 is 10.0 Å². The van der Waals surface area contributed by atoms with Gasteiger partial charge in [0, 0.05) is 11.4 Å². The van der Waals surface area contributed by atoms with Gasteiger partial charge in [-0.1, -0.05) is 29.8 Å². The molecule has 3 rings (SSSR count). The third-order valence-corrected chi connectivity index (χ3v) is 5.19. The van der Waals surface area contributed by atoms with Gasteiger partial charge in [-0.25, -0.2) is 8.42 Å². The number of nitrogens with zero attached hydrogens (tertiary/aromatic N) is 1. The Morgan fingerprint density at radius 2 is 1.46 bits per heavy atom. The first-order valence-corrected chi connectivity index (χ1v) is 9.42. The van der Waals surface area contributed by atoms with E-state index in [1.54, 1.807) is 60.7 Å². The van der Waals surface area contributed by atoms with Crippen LogP contribution in [0.2, 0.25) is 0 Å². The molecule has 0 spiro atoms. The average Bonchev–Trinajstić information content (AvgIpc) is 2.64. The van der Waals surface area contributed by atoms with E-state index in [0.29, 0.717) is 16.9 Å². The molecule has 3 aromatic rings. The second kappa shape index (κ2) is 7.30. The summed E-state index contributed by atoms with van der Waals surface area (Å²) in [5, 5.41) is 12.3. The summed E-state index contributed by atoms with van der Waals surface area (Å²) >= 11 is 0. The number of para-hydroxylation sites is 1. The third kappa shape index (κ3) is 4.02. The lowest BCUT2D eigenvalue weighted by Gasteiger charge is -2.11. The molecule has 0 aliphatic heterocycles. The molecule has 0 aliphatic rings. The number of rotatable bonds is 5. The highest BCUT2D eigenvalue weighted by atomic mass is 32.2. The second-order valence-corrected chi connectivity index (χ2v) is 7.46. The summed E-state index contributed by atoms with van der Waals surface area (Å²) < 4.78 is 27.4. The van der Waals surface area contributed by atoms with Crippen LogP contribution in [-0.2, 0) is 10.0 Å². The van der Waals surface area contributed by atoms with E-state index >= 15 is 0 Å². The summed E-state index contributed by atoms with van der Waals surface area (Å²) in [6, 6.07) is 22.8. The molecule has 0 fully saturated rings. The predicted octanol–water partition coefficient (Wildman–Crippen LogP) is 4.41. The Morgan fingerprint density at radius 1 is 0.846 bits per heavy atom. The van der Waals surface area contributed by atoms with Crippen LogP contribution in [0.3, 0.4) is 0 Å². The van der Waals surface area contributed by atoms with Crippen molar-refractivity contribution in [2.24, 2.45) is 0 Å². The lowest BCUT2D eigenvalue weighted by molar-refractivity contribution is 0.601. The predicted molar refractivity (Wildman–Crippen MR) is 103 cm³/mol. The summed E-state index contributed by atoms with van der Waals surface area (Å²) in [6.45, 7) is 1.90. The fraction of sp³-hybridized carbons (Fsp3) is 0.0500. The molecule has 0 amide bonds. The molecular formula is C20H17N3O2S. The van der Waals surface area contributed by atoms with E-state index in [2.05, 4.69) is 16.1 Å². The van der Waals surface area contributed by atoms with Crippen LogP contribution in [0.15, 0.2) is 77.7 Å². The molecule has 0 heterocycles. The standard InChI is InChI=1S/C20H17N3O2S/c1-15-6-12-19(13-7-15)26(24,25)23-18-10-8-17(9-11-18)22-20-5-3-2-4-16(20)14-21/h2-13,22-23H,1H3. The molecule has 130 valence electrons. The summed E-state index contributed by atoms with van der Waals surface area (Å²) in [5.41, 5.74) is 3.45. The van der Waals surface area contributed by atoms with E-state index in [0.717, 1.165) is 11.3 Å². The number of nitrogens with one attached hydrogen (secondary N) is 2. The quantitative estimate of drug-likeness (QED) is 0.703. The maximum atomic E-state index is 12.4. The number of hydrogen-bond acceptors (Lipinski definition) is 4. The number of hydrogen-bond donors (Lipinski definition) is 2. The van der Waals surface area contributed by atoms with Crippen molar-refractivity contribution in [3.8, 4) is 6.07 Å². The highest BCUT2D eigenvalue weighted by molar-refractivity contribution is 7.92. The highest BCUT2D eigenvalue weighted by Crippen LogP contribution is 2.23. The topological polar surface area (TPSA) is 82.0 Å². The van der Waals surface area contributed by atoms with E-state index in [4.69, 9.17) is 5.26 Å². The molecule has 6 heteroatoms. The lowest BCUT2D eigenvalue weighted by atomic mass is 10.2. The molecule has 0 atom stereocenters. The van der Waals surface area contributed by atoms with Gasteiger partial charge in [-0.3, -0.25) is 4.72 Å². The molecule has 0 saturated heterocycles. The maximum Gasteiger partial charge on any atom is 0.261 e.